The molecule has 1 heterocycles. The molecular formula is C9H17N5O. The third-order valence-electron chi connectivity index (χ3n) is 2.00. The van der Waals surface area contributed by atoms with E-state index in [1.807, 2.05) is 6.92 Å². The van der Waals surface area contributed by atoms with Crippen molar-refractivity contribution in [2.24, 2.45) is 5.84 Å². The lowest BCUT2D eigenvalue weighted by atomic mass is 10.2. The maximum Gasteiger partial charge on any atom is 0.148 e. The number of nitrogens with one attached hydrogen (secondary N) is 2. The van der Waals surface area contributed by atoms with Gasteiger partial charge in [0.1, 0.15) is 18.0 Å². The van der Waals surface area contributed by atoms with Crippen LogP contribution >= 0.6 is 0 Å². The second-order valence-electron chi connectivity index (χ2n) is 3.28. The highest BCUT2D eigenvalue weighted by Gasteiger charge is 2.08. The van der Waals surface area contributed by atoms with Crippen LogP contribution in [0, 0.1) is 0 Å². The molecular weight excluding hydrogens is 194 g/mol. The molecule has 0 aliphatic heterocycles. The Balaban J connectivity index is 2.86. The molecule has 0 radical (unpaired) electrons. The van der Waals surface area contributed by atoms with E-state index in [1.54, 1.807) is 6.92 Å². The predicted octanol–water partition coefficient (Wildman–Crippen LogP) is 0.117. The van der Waals surface area contributed by atoms with Crippen molar-refractivity contribution in [2.45, 2.75) is 26.4 Å². The van der Waals surface area contributed by atoms with Crippen molar-refractivity contribution >= 4 is 11.6 Å². The van der Waals surface area contributed by atoms with Gasteiger partial charge in [0.15, 0.2) is 0 Å². The molecule has 1 rings (SSSR count). The van der Waals surface area contributed by atoms with Crippen LogP contribution in [0.1, 0.15) is 19.4 Å². The molecule has 0 aliphatic carbocycles. The van der Waals surface area contributed by atoms with Gasteiger partial charge < -0.3 is 15.8 Å². The normalized spacial score (nSPS) is 12.3. The third kappa shape index (κ3) is 3.03. The fraction of sp³-hybridized carbons (Fsp3) is 0.556. The van der Waals surface area contributed by atoms with Crippen molar-refractivity contribution in [1.29, 1.82) is 0 Å². The van der Waals surface area contributed by atoms with Gasteiger partial charge in [0.25, 0.3) is 0 Å². The zero-order valence-corrected chi connectivity index (χ0v) is 8.99. The van der Waals surface area contributed by atoms with Crippen molar-refractivity contribution in [2.75, 3.05) is 17.3 Å². The van der Waals surface area contributed by atoms with Crippen molar-refractivity contribution in [3.05, 3.63) is 11.9 Å². The van der Waals surface area contributed by atoms with Crippen LogP contribution in [0.15, 0.2) is 6.33 Å². The summed E-state index contributed by atoms with van der Waals surface area (Å²) in [5.74, 6) is 6.65. The Hall–Kier alpha value is -1.40. The Morgan fingerprint density at radius 3 is 2.67 bits per heavy atom. The van der Waals surface area contributed by atoms with E-state index in [0.717, 1.165) is 12.0 Å². The quantitative estimate of drug-likeness (QED) is 0.408. The van der Waals surface area contributed by atoms with Gasteiger partial charge in [-0.05, 0) is 13.3 Å². The van der Waals surface area contributed by atoms with Crippen LogP contribution in [0.3, 0.4) is 0 Å². The van der Waals surface area contributed by atoms with Crippen LogP contribution in [0.25, 0.3) is 0 Å². The third-order valence-corrected chi connectivity index (χ3v) is 2.00. The molecule has 0 saturated heterocycles. The Labute approximate surface area is 88.9 Å². The molecule has 6 heteroatoms. The first-order chi connectivity index (χ1) is 7.19. The number of nitrogens with zero attached hydrogens (tertiary/aromatic N) is 2. The number of aliphatic hydroxyl groups excluding tert-OH is 1. The van der Waals surface area contributed by atoms with Crippen LogP contribution in [0.5, 0.6) is 0 Å². The van der Waals surface area contributed by atoms with E-state index in [9.17, 15) is 0 Å². The molecule has 15 heavy (non-hydrogen) atoms. The lowest BCUT2D eigenvalue weighted by molar-refractivity contribution is 0.208. The van der Waals surface area contributed by atoms with Crippen LogP contribution in [0.2, 0.25) is 0 Å². The molecule has 1 unspecified atom stereocenters. The Kier molecular flexibility index (Phi) is 4.26. The average molecular weight is 211 g/mol. The standard InChI is InChI=1S/C9H17N5O/c1-3-7-8(11-4-6(2)15)12-5-13-9(7)14-10/h5-6,15H,3-4,10H2,1-2H3,(H2,11,12,13,14). The van der Waals surface area contributed by atoms with Crippen molar-refractivity contribution in [1.82, 2.24) is 9.97 Å². The number of aromatic nitrogens is 2. The summed E-state index contributed by atoms with van der Waals surface area (Å²) in [5.41, 5.74) is 3.44. The summed E-state index contributed by atoms with van der Waals surface area (Å²) in [6.45, 7) is 4.16. The number of rotatable bonds is 5. The zero-order chi connectivity index (χ0) is 11.3. The second kappa shape index (κ2) is 5.47. The molecule has 84 valence electrons. The maximum absolute atomic E-state index is 9.16. The molecule has 1 aromatic rings. The van der Waals surface area contributed by atoms with Gasteiger partial charge in [-0.15, -0.1) is 0 Å². The summed E-state index contributed by atoms with van der Waals surface area (Å²) in [6.07, 6.45) is 1.78. The number of hydrogen-bond acceptors (Lipinski definition) is 6. The SMILES string of the molecule is CCc1c(NN)ncnc1NCC(C)O. The monoisotopic (exact) mass is 211 g/mol. The Bertz CT molecular complexity index is 315. The van der Waals surface area contributed by atoms with E-state index in [4.69, 9.17) is 10.9 Å². The molecule has 0 saturated carbocycles. The minimum Gasteiger partial charge on any atom is -0.392 e. The average Bonchev–Trinajstić information content (AvgIpc) is 2.25. The van der Waals surface area contributed by atoms with E-state index in [0.29, 0.717) is 18.2 Å². The molecule has 1 aromatic heterocycles. The number of anilines is 2. The fourth-order valence-electron chi connectivity index (χ4n) is 1.27. The van der Waals surface area contributed by atoms with Crippen LogP contribution in [-0.4, -0.2) is 27.7 Å². The van der Waals surface area contributed by atoms with Gasteiger partial charge in [-0.2, -0.15) is 0 Å². The number of aliphatic hydroxyl groups is 1. The van der Waals surface area contributed by atoms with Crippen LogP contribution in [-0.2, 0) is 6.42 Å². The summed E-state index contributed by atoms with van der Waals surface area (Å²) < 4.78 is 0. The van der Waals surface area contributed by atoms with E-state index >= 15 is 0 Å². The molecule has 0 aliphatic rings. The first-order valence-electron chi connectivity index (χ1n) is 4.91. The lowest BCUT2D eigenvalue weighted by Gasteiger charge is -2.13. The smallest absolute Gasteiger partial charge is 0.148 e. The Morgan fingerprint density at radius 1 is 1.47 bits per heavy atom. The van der Waals surface area contributed by atoms with Crippen molar-refractivity contribution < 1.29 is 5.11 Å². The molecule has 5 N–H and O–H groups in total. The maximum atomic E-state index is 9.16. The van der Waals surface area contributed by atoms with E-state index < -0.39 is 6.10 Å². The number of hydrazine groups is 1. The van der Waals surface area contributed by atoms with Gasteiger partial charge in [-0.1, -0.05) is 6.92 Å². The number of nitrogen functional groups attached to an aromatic ring is 1. The highest BCUT2D eigenvalue weighted by atomic mass is 16.3. The highest BCUT2D eigenvalue weighted by molar-refractivity contribution is 5.56. The van der Waals surface area contributed by atoms with Crippen LogP contribution in [0.4, 0.5) is 11.6 Å². The van der Waals surface area contributed by atoms with Crippen LogP contribution < -0.4 is 16.6 Å². The molecule has 0 spiro atoms. The first-order valence-corrected chi connectivity index (χ1v) is 4.91. The topological polar surface area (TPSA) is 96.1 Å². The fourth-order valence-corrected chi connectivity index (χ4v) is 1.27. The summed E-state index contributed by atoms with van der Waals surface area (Å²) in [6, 6.07) is 0. The van der Waals surface area contributed by atoms with Gasteiger partial charge in [0, 0.05) is 12.1 Å². The second-order valence-corrected chi connectivity index (χ2v) is 3.28. The van der Waals surface area contributed by atoms with Crippen molar-refractivity contribution in [3.8, 4) is 0 Å². The minimum atomic E-state index is -0.418. The lowest BCUT2D eigenvalue weighted by Crippen LogP contribution is -2.19. The van der Waals surface area contributed by atoms with E-state index in [-0.39, 0.29) is 0 Å². The van der Waals surface area contributed by atoms with Gasteiger partial charge in [0.05, 0.1) is 6.10 Å². The van der Waals surface area contributed by atoms with Gasteiger partial charge in [-0.25, -0.2) is 15.8 Å². The molecule has 1 atom stereocenters. The molecule has 0 fully saturated rings. The van der Waals surface area contributed by atoms with Gasteiger partial charge >= 0.3 is 0 Å². The largest absolute Gasteiger partial charge is 0.392 e. The molecule has 0 aromatic carbocycles. The first kappa shape index (κ1) is 11.7. The zero-order valence-electron chi connectivity index (χ0n) is 8.99. The van der Waals surface area contributed by atoms with E-state index in [2.05, 4.69) is 20.7 Å². The predicted molar refractivity (Wildman–Crippen MR) is 59.4 cm³/mol. The Morgan fingerprint density at radius 2 is 2.13 bits per heavy atom. The summed E-state index contributed by atoms with van der Waals surface area (Å²) >= 11 is 0. The summed E-state index contributed by atoms with van der Waals surface area (Å²) in [4.78, 5) is 8.11. The number of nitrogens with two attached hydrogens (primary N) is 1. The van der Waals surface area contributed by atoms with Gasteiger partial charge in [0.2, 0.25) is 0 Å². The number of hydrogen-bond donors (Lipinski definition) is 4. The molecule has 6 nitrogen and oxygen atoms in total. The minimum absolute atomic E-state index is 0.418. The van der Waals surface area contributed by atoms with Gasteiger partial charge in [-0.3, -0.25) is 0 Å². The highest BCUT2D eigenvalue weighted by Crippen LogP contribution is 2.19. The van der Waals surface area contributed by atoms with Crippen molar-refractivity contribution in [3.63, 3.8) is 0 Å². The summed E-state index contributed by atoms with van der Waals surface area (Å²) in [5, 5.41) is 12.2. The molecule has 0 bridgehead atoms. The summed E-state index contributed by atoms with van der Waals surface area (Å²) in [7, 11) is 0. The molecule has 0 amide bonds. The van der Waals surface area contributed by atoms with E-state index in [1.165, 1.54) is 6.33 Å².